The highest BCUT2D eigenvalue weighted by Crippen LogP contribution is 2.23. The molecule has 20 heavy (non-hydrogen) atoms. The van der Waals surface area contributed by atoms with E-state index in [1.54, 1.807) is 0 Å². The maximum absolute atomic E-state index is 11.9. The number of carbonyl (C=O) groups is 1. The second-order valence-electron chi connectivity index (χ2n) is 5.49. The highest BCUT2D eigenvalue weighted by atomic mass is 16.5. The van der Waals surface area contributed by atoms with E-state index in [-0.39, 0.29) is 11.8 Å². The fraction of sp³-hybridized carbons (Fsp3) is 0.562. The van der Waals surface area contributed by atoms with Gasteiger partial charge in [0, 0.05) is 11.6 Å². The molecular formula is C16H24N2O2. The molecule has 0 aliphatic heterocycles. The lowest BCUT2D eigenvalue weighted by Gasteiger charge is -2.20. The Labute approximate surface area is 120 Å². The number of hydrogen-bond acceptors (Lipinski definition) is 3. The minimum Gasteiger partial charge on any atom is -0.492 e. The molecule has 1 aromatic carbocycles. The van der Waals surface area contributed by atoms with Crippen LogP contribution in [0.4, 0.5) is 5.69 Å². The summed E-state index contributed by atoms with van der Waals surface area (Å²) >= 11 is 0. The van der Waals surface area contributed by atoms with Gasteiger partial charge in [0.05, 0.1) is 6.54 Å². The largest absolute Gasteiger partial charge is 0.492 e. The second-order valence-corrected chi connectivity index (χ2v) is 5.49. The first-order valence-corrected chi connectivity index (χ1v) is 7.43. The zero-order chi connectivity index (χ0) is 14.4. The second kappa shape index (κ2) is 7.17. The Morgan fingerprint density at radius 2 is 2.10 bits per heavy atom. The fourth-order valence-corrected chi connectivity index (χ4v) is 2.59. The first-order valence-electron chi connectivity index (χ1n) is 7.43. The van der Waals surface area contributed by atoms with Crippen molar-refractivity contribution in [2.45, 2.75) is 39.0 Å². The standard InChI is InChI=1S/C16H24N2O2/c1-12-11-14(7-8-15(12)17)20-10-9-18-16(19)13-5-3-2-4-6-13/h7-8,11,13H,2-6,9-10,17H2,1H3,(H,18,19). The number of benzene rings is 1. The van der Waals surface area contributed by atoms with E-state index in [4.69, 9.17) is 10.5 Å². The van der Waals surface area contributed by atoms with E-state index >= 15 is 0 Å². The summed E-state index contributed by atoms with van der Waals surface area (Å²) in [5.41, 5.74) is 7.53. The molecule has 1 aliphatic carbocycles. The van der Waals surface area contributed by atoms with Crippen LogP contribution in [0.25, 0.3) is 0 Å². The lowest BCUT2D eigenvalue weighted by Crippen LogP contribution is -2.34. The maximum atomic E-state index is 11.9. The molecule has 0 aromatic heterocycles. The molecular weight excluding hydrogens is 252 g/mol. The highest BCUT2D eigenvalue weighted by molar-refractivity contribution is 5.78. The Morgan fingerprint density at radius 1 is 1.35 bits per heavy atom. The summed E-state index contributed by atoms with van der Waals surface area (Å²) in [4.78, 5) is 11.9. The van der Waals surface area contributed by atoms with Crippen LogP contribution in [0.1, 0.15) is 37.7 Å². The van der Waals surface area contributed by atoms with E-state index in [1.165, 1.54) is 19.3 Å². The van der Waals surface area contributed by atoms with Crippen molar-refractivity contribution >= 4 is 11.6 Å². The molecule has 0 radical (unpaired) electrons. The number of carbonyl (C=O) groups excluding carboxylic acids is 1. The lowest BCUT2D eigenvalue weighted by molar-refractivity contribution is -0.126. The molecule has 0 bridgehead atoms. The monoisotopic (exact) mass is 276 g/mol. The van der Waals surface area contributed by atoms with Crippen molar-refractivity contribution in [1.29, 1.82) is 0 Å². The van der Waals surface area contributed by atoms with Crippen molar-refractivity contribution in [2.75, 3.05) is 18.9 Å². The van der Waals surface area contributed by atoms with E-state index in [1.807, 2.05) is 25.1 Å². The zero-order valence-corrected chi connectivity index (χ0v) is 12.2. The van der Waals surface area contributed by atoms with Gasteiger partial charge in [0.1, 0.15) is 12.4 Å². The predicted octanol–water partition coefficient (Wildman–Crippen LogP) is 2.65. The van der Waals surface area contributed by atoms with Crippen LogP contribution in [0.5, 0.6) is 5.75 Å². The van der Waals surface area contributed by atoms with Gasteiger partial charge >= 0.3 is 0 Å². The SMILES string of the molecule is Cc1cc(OCCNC(=O)C2CCCCC2)ccc1N. The van der Waals surface area contributed by atoms with Crippen molar-refractivity contribution in [3.8, 4) is 5.75 Å². The van der Waals surface area contributed by atoms with Gasteiger partial charge in [-0.05, 0) is 43.5 Å². The summed E-state index contributed by atoms with van der Waals surface area (Å²) in [5, 5.41) is 2.96. The molecule has 0 heterocycles. The van der Waals surface area contributed by atoms with E-state index in [9.17, 15) is 4.79 Å². The normalized spacial score (nSPS) is 15.8. The zero-order valence-electron chi connectivity index (χ0n) is 12.2. The van der Waals surface area contributed by atoms with Crippen LogP contribution in [-0.2, 0) is 4.79 Å². The Bertz CT molecular complexity index is 454. The van der Waals surface area contributed by atoms with Gasteiger partial charge in [0.25, 0.3) is 0 Å². The first-order chi connectivity index (χ1) is 9.66. The number of hydrogen-bond donors (Lipinski definition) is 2. The van der Waals surface area contributed by atoms with E-state index in [2.05, 4.69) is 5.32 Å². The average Bonchev–Trinajstić information content (AvgIpc) is 2.48. The van der Waals surface area contributed by atoms with Gasteiger partial charge < -0.3 is 15.8 Å². The molecule has 4 nitrogen and oxygen atoms in total. The molecule has 4 heteroatoms. The predicted molar refractivity (Wildman–Crippen MR) is 80.7 cm³/mol. The fourth-order valence-electron chi connectivity index (χ4n) is 2.59. The number of nitrogen functional groups attached to an aromatic ring is 1. The molecule has 1 fully saturated rings. The van der Waals surface area contributed by atoms with Crippen molar-refractivity contribution in [2.24, 2.45) is 5.92 Å². The Morgan fingerprint density at radius 3 is 2.80 bits per heavy atom. The van der Waals surface area contributed by atoms with Crippen LogP contribution in [0.2, 0.25) is 0 Å². The summed E-state index contributed by atoms with van der Waals surface area (Å²) in [5.74, 6) is 1.19. The molecule has 1 saturated carbocycles. The summed E-state index contributed by atoms with van der Waals surface area (Å²) in [6, 6.07) is 5.61. The van der Waals surface area contributed by atoms with Crippen LogP contribution in [-0.4, -0.2) is 19.1 Å². The number of anilines is 1. The van der Waals surface area contributed by atoms with Crippen LogP contribution in [0.15, 0.2) is 18.2 Å². The van der Waals surface area contributed by atoms with Gasteiger partial charge in [0.15, 0.2) is 0 Å². The number of ether oxygens (including phenoxy) is 1. The number of nitrogens with two attached hydrogens (primary N) is 1. The van der Waals surface area contributed by atoms with Gasteiger partial charge in [-0.15, -0.1) is 0 Å². The van der Waals surface area contributed by atoms with Crippen molar-refractivity contribution < 1.29 is 9.53 Å². The Hall–Kier alpha value is -1.71. The third kappa shape index (κ3) is 4.15. The molecule has 2 rings (SSSR count). The van der Waals surface area contributed by atoms with Crippen LogP contribution in [0, 0.1) is 12.8 Å². The van der Waals surface area contributed by atoms with Gasteiger partial charge in [0.2, 0.25) is 5.91 Å². The molecule has 3 N–H and O–H groups in total. The number of rotatable bonds is 5. The lowest BCUT2D eigenvalue weighted by atomic mass is 9.89. The highest BCUT2D eigenvalue weighted by Gasteiger charge is 2.20. The quantitative estimate of drug-likeness (QED) is 0.642. The molecule has 0 atom stereocenters. The first kappa shape index (κ1) is 14.7. The van der Waals surface area contributed by atoms with E-state index in [0.717, 1.165) is 29.8 Å². The van der Waals surface area contributed by atoms with Crippen molar-refractivity contribution in [3.05, 3.63) is 23.8 Å². The molecule has 0 spiro atoms. The third-order valence-corrected chi connectivity index (χ3v) is 3.89. The molecule has 1 amide bonds. The minimum atomic E-state index is 0.182. The number of aryl methyl sites for hydroxylation is 1. The Kier molecular flexibility index (Phi) is 5.27. The summed E-state index contributed by atoms with van der Waals surface area (Å²) < 4.78 is 5.61. The molecule has 110 valence electrons. The summed E-state index contributed by atoms with van der Waals surface area (Å²) in [6.07, 6.45) is 5.69. The van der Waals surface area contributed by atoms with Gasteiger partial charge in [-0.3, -0.25) is 4.79 Å². The summed E-state index contributed by atoms with van der Waals surface area (Å²) in [7, 11) is 0. The molecule has 1 aliphatic rings. The topological polar surface area (TPSA) is 64.3 Å². The van der Waals surface area contributed by atoms with Crippen molar-refractivity contribution in [3.63, 3.8) is 0 Å². The molecule has 1 aromatic rings. The van der Waals surface area contributed by atoms with Gasteiger partial charge in [-0.2, -0.15) is 0 Å². The van der Waals surface area contributed by atoms with E-state index in [0.29, 0.717) is 13.2 Å². The minimum absolute atomic E-state index is 0.182. The Balaban J connectivity index is 1.68. The smallest absolute Gasteiger partial charge is 0.223 e. The third-order valence-electron chi connectivity index (χ3n) is 3.89. The van der Waals surface area contributed by atoms with Crippen LogP contribution >= 0.6 is 0 Å². The molecule has 0 saturated heterocycles. The van der Waals surface area contributed by atoms with Gasteiger partial charge in [-0.25, -0.2) is 0 Å². The van der Waals surface area contributed by atoms with Crippen LogP contribution in [0.3, 0.4) is 0 Å². The number of nitrogens with one attached hydrogen (secondary N) is 1. The van der Waals surface area contributed by atoms with E-state index < -0.39 is 0 Å². The summed E-state index contributed by atoms with van der Waals surface area (Å²) in [6.45, 7) is 2.99. The average molecular weight is 276 g/mol. The van der Waals surface area contributed by atoms with Crippen LogP contribution < -0.4 is 15.8 Å². The maximum Gasteiger partial charge on any atom is 0.223 e. The molecule has 0 unspecified atom stereocenters. The van der Waals surface area contributed by atoms with Gasteiger partial charge in [-0.1, -0.05) is 19.3 Å². The van der Waals surface area contributed by atoms with Crippen molar-refractivity contribution in [1.82, 2.24) is 5.32 Å². The number of amides is 1.